The number of hydrogen-bond acceptors (Lipinski definition) is 2. The summed E-state index contributed by atoms with van der Waals surface area (Å²) in [5.74, 6) is 0. The molecular formula is C8H9NOS. The van der Waals surface area contributed by atoms with Crippen molar-refractivity contribution in [3.8, 4) is 0 Å². The summed E-state index contributed by atoms with van der Waals surface area (Å²) in [6.45, 7) is 0. The van der Waals surface area contributed by atoms with Gasteiger partial charge in [-0.15, -0.1) is 12.6 Å². The van der Waals surface area contributed by atoms with E-state index in [1.54, 1.807) is 10.6 Å². The molecular weight excluding hydrogens is 158 g/mol. The Morgan fingerprint density at radius 2 is 2.27 bits per heavy atom. The topological polar surface area (TPSA) is 22.0 Å². The maximum atomic E-state index is 11.2. The van der Waals surface area contributed by atoms with E-state index in [2.05, 4.69) is 12.6 Å². The monoisotopic (exact) mass is 167 g/mol. The van der Waals surface area contributed by atoms with Crippen LogP contribution in [0, 0.1) is 0 Å². The molecule has 1 saturated carbocycles. The van der Waals surface area contributed by atoms with Crippen molar-refractivity contribution in [2.75, 3.05) is 0 Å². The standard InChI is InChI=1S/C8H9NOS/c10-8-5-7(11)3-4-9(8)6-1-2-6/h3-6,11H,1-2H2. The molecule has 0 radical (unpaired) electrons. The SMILES string of the molecule is O=c1cc(S)ccn1C1CC1. The van der Waals surface area contributed by atoms with Crippen LogP contribution in [0.5, 0.6) is 0 Å². The van der Waals surface area contributed by atoms with Gasteiger partial charge in [0.05, 0.1) is 0 Å². The van der Waals surface area contributed by atoms with E-state index >= 15 is 0 Å². The van der Waals surface area contributed by atoms with E-state index in [1.165, 1.54) is 0 Å². The summed E-state index contributed by atoms with van der Waals surface area (Å²) in [6, 6.07) is 3.88. The smallest absolute Gasteiger partial charge is 0.251 e. The van der Waals surface area contributed by atoms with Gasteiger partial charge in [-0.25, -0.2) is 0 Å². The zero-order valence-electron chi connectivity index (χ0n) is 6.03. The van der Waals surface area contributed by atoms with Gasteiger partial charge in [0.15, 0.2) is 0 Å². The molecule has 58 valence electrons. The van der Waals surface area contributed by atoms with Crippen molar-refractivity contribution in [3.05, 3.63) is 28.7 Å². The molecule has 0 aromatic carbocycles. The van der Waals surface area contributed by atoms with Gasteiger partial charge in [-0.3, -0.25) is 4.79 Å². The Labute approximate surface area is 70.3 Å². The van der Waals surface area contributed by atoms with Gasteiger partial charge >= 0.3 is 0 Å². The van der Waals surface area contributed by atoms with Crippen molar-refractivity contribution in [1.82, 2.24) is 4.57 Å². The van der Waals surface area contributed by atoms with Crippen LogP contribution in [0.2, 0.25) is 0 Å². The van der Waals surface area contributed by atoms with Gasteiger partial charge in [0.25, 0.3) is 5.56 Å². The minimum absolute atomic E-state index is 0.0694. The third kappa shape index (κ3) is 1.33. The third-order valence-electron chi connectivity index (χ3n) is 1.87. The molecule has 0 atom stereocenters. The second-order valence-corrected chi connectivity index (χ2v) is 3.38. The number of rotatable bonds is 1. The number of pyridine rings is 1. The van der Waals surface area contributed by atoms with Crippen molar-refractivity contribution >= 4 is 12.6 Å². The Bertz CT molecular complexity index is 327. The molecule has 0 unspecified atom stereocenters. The van der Waals surface area contributed by atoms with E-state index < -0.39 is 0 Å². The van der Waals surface area contributed by atoms with Crippen molar-refractivity contribution < 1.29 is 0 Å². The Hall–Kier alpha value is -0.700. The van der Waals surface area contributed by atoms with Crippen LogP contribution < -0.4 is 5.56 Å². The second-order valence-electron chi connectivity index (χ2n) is 2.86. The first-order valence-corrected chi connectivity index (χ1v) is 4.13. The Morgan fingerprint density at radius 3 is 2.82 bits per heavy atom. The first-order chi connectivity index (χ1) is 5.27. The molecule has 1 aromatic rings. The molecule has 0 amide bonds. The van der Waals surface area contributed by atoms with E-state index in [1.807, 2.05) is 12.3 Å². The summed E-state index contributed by atoms with van der Waals surface area (Å²) in [7, 11) is 0. The van der Waals surface area contributed by atoms with Crippen LogP contribution in [0.25, 0.3) is 0 Å². The van der Waals surface area contributed by atoms with Crippen molar-refractivity contribution in [3.63, 3.8) is 0 Å². The highest BCUT2D eigenvalue weighted by atomic mass is 32.1. The molecule has 0 aliphatic heterocycles. The lowest BCUT2D eigenvalue weighted by Crippen LogP contribution is -2.16. The van der Waals surface area contributed by atoms with Gasteiger partial charge in [0, 0.05) is 23.2 Å². The van der Waals surface area contributed by atoms with Crippen LogP contribution in [0.4, 0.5) is 0 Å². The van der Waals surface area contributed by atoms with E-state index in [9.17, 15) is 4.79 Å². The van der Waals surface area contributed by atoms with Crippen LogP contribution in [0.1, 0.15) is 18.9 Å². The van der Waals surface area contributed by atoms with Gasteiger partial charge in [-0.1, -0.05) is 0 Å². The van der Waals surface area contributed by atoms with Crippen molar-refractivity contribution in [2.45, 2.75) is 23.8 Å². The van der Waals surface area contributed by atoms with Gasteiger partial charge in [0.1, 0.15) is 0 Å². The van der Waals surface area contributed by atoms with Gasteiger partial charge in [-0.05, 0) is 18.9 Å². The quantitative estimate of drug-likeness (QED) is 0.629. The van der Waals surface area contributed by atoms with E-state index in [0.717, 1.165) is 17.7 Å². The fraction of sp³-hybridized carbons (Fsp3) is 0.375. The zero-order valence-corrected chi connectivity index (χ0v) is 6.92. The van der Waals surface area contributed by atoms with Crippen LogP contribution in [0.15, 0.2) is 28.0 Å². The number of aromatic nitrogens is 1. The first kappa shape index (κ1) is 6.98. The van der Waals surface area contributed by atoms with Crippen LogP contribution in [-0.4, -0.2) is 4.57 Å². The highest BCUT2D eigenvalue weighted by Gasteiger charge is 2.23. The average Bonchev–Trinajstić information content (AvgIpc) is 2.70. The minimum atomic E-state index is 0.0694. The summed E-state index contributed by atoms with van der Waals surface area (Å²) < 4.78 is 1.78. The average molecular weight is 167 g/mol. The molecule has 1 fully saturated rings. The fourth-order valence-corrected chi connectivity index (χ4v) is 1.31. The lowest BCUT2D eigenvalue weighted by atomic mass is 10.4. The summed E-state index contributed by atoms with van der Waals surface area (Å²) in [4.78, 5) is 12.0. The van der Waals surface area contributed by atoms with Crippen LogP contribution in [-0.2, 0) is 0 Å². The highest BCUT2D eigenvalue weighted by Crippen LogP contribution is 2.33. The molecule has 0 bridgehead atoms. The largest absolute Gasteiger partial charge is 0.312 e. The number of hydrogen-bond donors (Lipinski definition) is 1. The maximum absolute atomic E-state index is 11.2. The van der Waals surface area contributed by atoms with E-state index in [0.29, 0.717) is 6.04 Å². The predicted molar refractivity (Wildman–Crippen MR) is 46.2 cm³/mol. The lowest BCUT2D eigenvalue weighted by Gasteiger charge is -2.00. The zero-order chi connectivity index (χ0) is 7.84. The molecule has 1 heterocycles. The molecule has 1 aromatic heterocycles. The number of thiol groups is 1. The lowest BCUT2D eigenvalue weighted by molar-refractivity contribution is 0.702. The summed E-state index contributed by atoms with van der Waals surface area (Å²) in [6.07, 6.45) is 4.11. The first-order valence-electron chi connectivity index (χ1n) is 3.68. The Kier molecular flexibility index (Phi) is 1.53. The summed E-state index contributed by atoms with van der Waals surface area (Å²) >= 11 is 4.08. The molecule has 0 spiro atoms. The molecule has 3 heteroatoms. The van der Waals surface area contributed by atoms with Gasteiger partial charge in [0.2, 0.25) is 0 Å². The van der Waals surface area contributed by atoms with Crippen molar-refractivity contribution in [1.29, 1.82) is 0 Å². The molecule has 11 heavy (non-hydrogen) atoms. The summed E-state index contributed by atoms with van der Waals surface area (Å²) in [5, 5.41) is 0. The maximum Gasteiger partial charge on any atom is 0.251 e. The molecule has 2 rings (SSSR count). The van der Waals surface area contributed by atoms with Crippen molar-refractivity contribution in [2.24, 2.45) is 0 Å². The Morgan fingerprint density at radius 1 is 1.55 bits per heavy atom. The Balaban J connectivity index is 2.48. The van der Waals surface area contributed by atoms with Gasteiger partial charge < -0.3 is 4.57 Å². The third-order valence-corrected chi connectivity index (χ3v) is 2.15. The molecule has 0 N–H and O–H groups in total. The van der Waals surface area contributed by atoms with Crippen LogP contribution >= 0.6 is 12.6 Å². The van der Waals surface area contributed by atoms with E-state index in [-0.39, 0.29) is 5.56 Å². The summed E-state index contributed by atoms with van der Waals surface area (Å²) in [5.41, 5.74) is 0.0694. The predicted octanol–water partition coefficient (Wildman–Crippen LogP) is 1.47. The molecule has 2 nitrogen and oxygen atoms in total. The van der Waals surface area contributed by atoms with Gasteiger partial charge in [-0.2, -0.15) is 0 Å². The fourth-order valence-electron chi connectivity index (χ4n) is 1.13. The molecule has 1 aliphatic carbocycles. The molecule has 0 saturated heterocycles. The normalized spacial score (nSPS) is 16.8. The van der Waals surface area contributed by atoms with Crippen LogP contribution in [0.3, 0.4) is 0 Å². The molecule has 1 aliphatic rings. The van der Waals surface area contributed by atoms with E-state index in [4.69, 9.17) is 0 Å². The second kappa shape index (κ2) is 2.41. The minimum Gasteiger partial charge on any atom is -0.312 e. The number of nitrogens with zero attached hydrogens (tertiary/aromatic N) is 1. The highest BCUT2D eigenvalue weighted by molar-refractivity contribution is 7.80.